The summed E-state index contributed by atoms with van der Waals surface area (Å²) in [7, 11) is 1.43. The summed E-state index contributed by atoms with van der Waals surface area (Å²) in [4.78, 5) is 11.8. The van der Waals surface area contributed by atoms with E-state index in [0.717, 1.165) is 19.4 Å². The first kappa shape index (κ1) is 22.3. The highest BCUT2D eigenvalue weighted by molar-refractivity contribution is 5.96. The number of nitrogens with zero attached hydrogens (tertiary/aromatic N) is 1. The summed E-state index contributed by atoms with van der Waals surface area (Å²) in [5.41, 5.74) is 5.10. The molecule has 0 atom stereocenters. The van der Waals surface area contributed by atoms with Gasteiger partial charge in [-0.15, -0.1) is 0 Å². The van der Waals surface area contributed by atoms with E-state index in [1.165, 1.54) is 42.1 Å². The first-order chi connectivity index (χ1) is 12.4. The van der Waals surface area contributed by atoms with Crippen LogP contribution in [0.15, 0.2) is 18.2 Å². The Hall–Kier alpha value is -1.77. The highest BCUT2D eigenvalue weighted by Crippen LogP contribution is 2.40. The highest BCUT2D eigenvalue weighted by atomic mass is 16.5. The van der Waals surface area contributed by atoms with Crippen LogP contribution in [-0.2, 0) is 24.1 Å². The number of fused-ring (bicyclic) bond motifs is 3. The third-order valence-corrected chi connectivity index (χ3v) is 4.72. The third-order valence-electron chi connectivity index (χ3n) is 4.72. The van der Waals surface area contributed by atoms with Crippen molar-refractivity contribution in [1.29, 1.82) is 0 Å². The second-order valence-corrected chi connectivity index (χ2v) is 7.44. The van der Waals surface area contributed by atoms with Crippen LogP contribution >= 0.6 is 0 Å². The highest BCUT2D eigenvalue weighted by Gasteiger charge is 2.30. The fourth-order valence-corrected chi connectivity index (χ4v) is 3.59. The quantitative estimate of drug-likeness (QED) is 0.580. The predicted molar refractivity (Wildman–Crippen MR) is 112 cm³/mol. The van der Waals surface area contributed by atoms with Crippen molar-refractivity contribution < 1.29 is 9.53 Å². The molecule has 1 aliphatic rings. The largest absolute Gasteiger partial charge is 0.465 e. The Morgan fingerprint density at radius 3 is 2.35 bits per heavy atom. The zero-order valence-electron chi connectivity index (χ0n) is 18.0. The molecule has 3 heteroatoms. The molecule has 0 aliphatic heterocycles. The van der Waals surface area contributed by atoms with Crippen LogP contribution in [0.3, 0.4) is 0 Å². The maximum Gasteiger partial charge on any atom is 0.337 e. The van der Waals surface area contributed by atoms with E-state index in [4.69, 9.17) is 4.74 Å². The van der Waals surface area contributed by atoms with Crippen molar-refractivity contribution >= 4 is 16.9 Å². The summed E-state index contributed by atoms with van der Waals surface area (Å²) in [6.07, 6.45) is 4.68. The van der Waals surface area contributed by atoms with E-state index < -0.39 is 0 Å². The molecule has 0 spiro atoms. The molecule has 0 saturated carbocycles. The van der Waals surface area contributed by atoms with E-state index in [-0.39, 0.29) is 5.97 Å². The van der Waals surface area contributed by atoms with Crippen molar-refractivity contribution in [2.45, 2.75) is 80.7 Å². The number of methoxy groups -OCH3 is 1. The molecule has 0 saturated heterocycles. The van der Waals surface area contributed by atoms with E-state index in [1.807, 2.05) is 26.0 Å². The summed E-state index contributed by atoms with van der Waals surface area (Å²) >= 11 is 0. The van der Waals surface area contributed by atoms with Crippen LogP contribution in [0.2, 0.25) is 0 Å². The van der Waals surface area contributed by atoms with Gasteiger partial charge in [-0.1, -0.05) is 48.0 Å². The van der Waals surface area contributed by atoms with E-state index in [1.54, 1.807) is 0 Å². The van der Waals surface area contributed by atoms with Crippen molar-refractivity contribution in [3.8, 4) is 0 Å². The minimum atomic E-state index is -0.259. The minimum absolute atomic E-state index is 0.259. The molecule has 0 amide bonds. The molecule has 0 bridgehead atoms. The lowest BCUT2D eigenvalue weighted by Gasteiger charge is -2.30. The van der Waals surface area contributed by atoms with Crippen LogP contribution in [0.4, 0.5) is 0 Å². The summed E-state index contributed by atoms with van der Waals surface area (Å²) in [6, 6.07) is 5.95. The molecule has 2 aromatic rings. The molecule has 0 fully saturated rings. The third kappa shape index (κ3) is 4.69. The van der Waals surface area contributed by atoms with Gasteiger partial charge in [0, 0.05) is 23.1 Å². The lowest BCUT2D eigenvalue weighted by molar-refractivity contribution is 0.0601. The maximum atomic E-state index is 11.8. The zero-order valence-corrected chi connectivity index (χ0v) is 18.0. The number of esters is 1. The van der Waals surface area contributed by atoms with Crippen LogP contribution in [0.5, 0.6) is 0 Å². The van der Waals surface area contributed by atoms with Gasteiger partial charge >= 0.3 is 5.97 Å². The van der Waals surface area contributed by atoms with Crippen LogP contribution < -0.4 is 0 Å². The molecule has 3 nitrogen and oxygen atoms in total. The fraction of sp³-hybridized carbons (Fsp3) is 0.609. The zero-order chi connectivity index (χ0) is 19.9. The first-order valence-corrected chi connectivity index (χ1v) is 10.1. The first-order valence-electron chi connectivity index (χ1n) is 10.1. The lowest BCUT2D eigenvalue weighted by atomic mass is 9.76. The van der Waals surface area contributed by atoms with Crippen molar-refractivity contribution in [2.24, 2.45) is 5.41 Å². The molecule has 1 aromatic carbocycles. The molecular weight excluding hydrogens is 322 g/mol. The van der Waals surface area contributed by atoms with Gasteiger partial charge in [0.05, 0.1) is 12.7 Å². The molecule has 0 unspecified atom stereocenters. The van der Waals surface area contributed by atoms with Gasteiger partial charge < -0.3 is 9.30 Å². The Bertz CT molecular complexity index is 725. The van der Waals surface area contributed by atoms with Crippen molar-refractivity contribution in [2.75, 3.05) is 7.11 Å². The number of aromatic nitrogens is 1. The van der Waals surface area contributed by atoms with Crippen molar-refractivity contribution in [3.63, 3.8) is 0 Å². The predicted octanol–water partition coefficient (Wildman–Crippen LogP) is 6.41. The number of rotatable bonds is 2. The number of hydrogen-bond donors (Lipinski definition) is 0. The second-order valence-electron chi connectivity index (χ2n) is 7.44. The summed E-state index contributed by atoms with van der Waals surface area (Å²) in [6.45, 7) is 16.1. The van der Waals surface area contributed by atoms with E-state index >= 15 is 0 Å². The summed E-state index contributed by atoms with van der Waals surface area (Å²) < 4.78 is 7.26. The minimum Gasteiger partial charge on any atom is -0.465 e. The Kier molecular flexibility index (Phi) is 8.39. The Balaban J connectivity index is 0.000000615. The number of carbonyl (C=O) groups is 1. The molecule has 1 aromatic heterocycles. The van der Waals surface area contributed by atoms with Gasteiger partial charge in [0.1, 0.15) is 0 Å². The van der Waals surface area contributed by atoms with Gasteiger partial charge in [0.25, 0.3) is 0 Å². The van der Waals surface area contributed by atoms with Crippen LogP contribution in [0.25, 0.3) is 10.9 Å². The number of carbonyl (C=O) groups excluding carboxylic acids is 1. The average molecular weight is 360 g/mol. The normalized spacial score (nSPS) is 14.5. The Morgan fingerprint density at radius 1 is 1.19 bits per heavy atom. The van der Waals surface area contributed by atoms with Gasteiger partial charge in [0.15, 0.2) is 0 Å². The standard InChI is InChI=1S/C18H23NO2.C3H8.C2H6/c1-5-19-15-7-6-12(17(20)21-4)10-13(15)14-11-18(2,3)9-8-16(14)19;1-3-2;1-2/h6-7,10H,5,8-9,11H2,1-4H3;3H2,1-2H3;1-2H3. The monoisotopic (exact) mass is 359 g/mol. The van der Waals surface area contributed by atoms with Gasteiger partial charge in [0.2, 0.25) is 0 Å². The van der Waals surface area contributed by atoms with Crippen LogP contribution in [0.1, 0.15) is 82.9 Å². The van der Waals surface area contributed by atoms with E-state index in [9.17, 15) is 4.79 Å². The van der Waals surface area contributed by atoms with Crippen molar-refractivity contribution in [1.82, 2.24) is 4.57 Å². The van der Waals surface area contributed by atoms with Crippen LogP contribution in [0, 0.1) is 5.41 Å². The smallest absolute Gasteiger partial charge is 0.337 e. The van der Waals surface area contributed by atoms with Gasteiger partial charge in [-0.2, -0.15) is 0 Å². The second kappa shape index (κ2) is 9.80. The van der Waals surface area contributed by atoms with Crippen LogP contribution in [-0.4, -0.2) is 17.6 Å². The average Bonchev–Trinajstić information content (AvgIpc) is 2.94. The molecule has 1 aliphatic carbocycles. The molecule has 1 heterocycles. The number of ether oxygens (including phenoxy) is 1. The van der Waals surface area contributed by atoms with E-state index in [0.29, 0.717) is 11.0 Å². The van der Waals surface area contributed by atoms with Gasteiger partial charge in [-0.3, -0.25) is 0 Å². The Labute approximate surface area is 159 Å². The molecule has 146 valence electrons. The maximum absolute atomic E-state index is 11.8. The van der Waals surface area contributed by atoms with Crippen molar-refractivity contribution in [3.05, 3.63) is 35.0 Å². The summed E-state index contributed by atoms with van der Waals surface area (Å²) in [5.74, 6) is -0.259. The molecular formula is C23H37NO2. The number of benzene rings is 1. The Morgan fingerprint density at radius 2 is 1.81 bits per heavy atom. The molecule has 0 N–H and O–H groups in total. The molecule has 26 heavy (non-hydrogen) atoms. The fourth-order valence-electron chi connectivity index (χ4n) is 3.59. The molecule has 0 radical (unpaired) electrons. The van der Waals surface area contributed by atoms with E-state index in [2.05, 4.69) is 45.3 Å². The number of hydrogen-bond acceptors (Lipinski definition) is 2. The molecule has 3 rings (SSSR count). The van der Waals surface area contributed by atoms with Gasteiger partial charge in [-0.05, 0) is 55.4 Å². The lowest BCUT2D eigenvalue weighted by Crippen LogP contribution is -2.22. The topological polar surface area (TPSA) is 31.2 Å². The summed E-state index contributed by atoms with van der Waals surface area (Å²) in [5, 5.41) is 1.22. The van der Waals surface area contributed by atoms with Gasteiger partial charge in [-0.25, -0.2) is 4.79 Å². The number of aryl methyl sites for hydroxylation is 1. The SMILES string of the molecule is CC.CCC.CCn1c2c(c3cc(C(=O)OC)ccc31)CC(C)(C)CC2.